The maximum Gasteiger partial charge on any atom is 0.243 e. The maximum atomic E-state index is 13.3. The maximum absolute atomic E-state index is 13.3. The molecule has 6 nitrogen and oxygen atoms in total. The highest BCUT2D eigenvalue weighted by atomic mass is 32.2. The molecule has 0 aliphatic carbocycles. The standard InChI is InChI=1S/C22H28N2O4S/c1-15-11-12-17-18(14-22(2,3)28-19(17)13-15)23-21(25)20(24(4)29(5,26)27)16-9-7-6-8-10-16/h6-13,18,20H,14H2,1-5H3,(H,23,25)/t18-,20+/m0/s1. The molecule has 1 heterocycles. The number of carbonyl (C=O) groups excluding carboxylic acids is 1. The van der Waals surface area contributed by atoms with Crippen molar-refractivity contribution in [1.29, 1.82) is 0 Å². The van der Waals surface area contributed by atoms with Gasteiger partial charge < -0.3 is 10.1 Å². The number of nitrogens with zero attached hydrogens (tertiary/aromatic N) is 1. The first-order valence-electron chi connectivity index (χ1n) is 9.56. The average molecular weight is 417 g/mol. The van der Waals surface area contributed by atoms with Crippen LogP contribution in [0.2, 0.25) is 0 Å². The van der Waals surface area contributed by atoms with E-state index in [1.807, 2.05) is 45.0 Å². The Kier molecular flexibility index (Phi) is 5.74. The number of amides is 1. The lowest BCUT2D eigenvalue weighted by Gasteiger charge is -2.39. The first kappa shape index (κ1) is 21.3. The number of sulfonamides is 1. The summed E-state index contributed by atoms with van der Waals surface area (Å²) in [6.45, 7) is 5.95. The van der Waals surface area contributed by atoms with Crippen molar-refractivity contribution in [3.05, 3.63) is 65.2 Å². The van der Waals surface area contributed by atoms with Crippen LogP contribution in [0.1, 0.15) is 49.0 Å². The molecule has 0 saturated carbocycles. The second-order valence-corrected chi connectivity index (χ2v) is 10.3. The molecule has 0 bridgehead atoms. The summed E-state index contributed by atoms with van der Waals surface area (Å²) in [5.74, 6) is 0.387. The minimum absolute atomic E-state index is 0.277. The Bertz CT molecular complexity index is 1000. The summed E-state index contributed by atoms with van der Waals surface area (Å²) in [5.41, 5.74) is 2.14. The zero-order chi connectivity index (χ0) is 21.4. The molecular formula is C22H28N2O4S. The van der Waals surface area contributed by atoms with E-state index in [1.54, 1.807) is 24.3 Å². The minimum Gasteiger partial charge on any atom is -0.487 e. The third-order valence-corrected chi connectivity index (χ3v) is 6.45. The van der Waals surface area contributed by atoms with E-state index >= 15 is 0 Å². The van der Waals surface area contributed by atoms with Gasteiger partial charge in [-0.1, -0.05) is 42.5 Å². The SMILES string of the molecule is Cc1ccc2c(c1)OC(C)(C)C[C@@H]2NC(=O)[C@@H](c1ccccc1)N(C)S(C)(=O)=O. The number of likely N-dealkylation sites (N-methyl/N-ethyl adjacent to an activating group) is 1. The average Bonchev–Trinajstić information content (AvgIpc) is 2.60. The Morgan fingerprint density at radius 3 is 2.48 bits per heavy atom. The van der Waals surface area contributed by atoms with Crippen LogP contribution in [0, 0.1) is 6.92 Å². The lowest BCUT2D eigenvalue weighted by Crippen LogP contribution is -2.46. The Hall–Kier alpha value is -2.38. The van der Waals surface area contributed by atoms with E-state index in [2.05, 4.69) is 5.32 Å². The van der Waals surface area contributed by atoms with Crippen LogP contribution in [0.4, 0.5) is 0 Å². The highest BCUT2D eigenvalue weighted by Crippen LogP contribution is 2.40. The summed E-state index contributed by atoms with van der Waals surface area (Å²) in [7, 11) is -2.15. The highest BCUT2D eigenvalue weighted by Gasteiger charge is 2.37. The second-order valence-electron chi connectivity index (χ2n) is 8.26. The molecule has 156 valence electrons. The molecule has 1 aliphatic rings. The second kappa shape index (κ2) is 7.80. The monoisotopic (exact) mass is 416 g/mol. The largest absolute Gasteiger partial charge is 0.487 e. The van der Waals surface area contributed by atoms with Crippen molar-refractivity contribution in [3.8, 4) is 5.75 Å². The Morgan fingerprint density at radius 1 is 1.21 bits per heavy atom. The smallest absolute Gasteiger partial charge is 0.243 e. The molecule has 1 aliphatic heterocycles. The van der Waals surface area contributed by atoms with Crippen molar-refractivity contribution < 1.29 is 17.9 Å². The molecule has 0 fully saturated rings. The van der Waals surface area contributed by atoms with Gasteiger partial charge in [-0.2, -0.15) is 4.31 Å². The van der Waals surface area contributed by atoms with Gasteiger partial charge in [-0.15, -0.1) is 0 Å². The molecule has 1 N–H and O–H groups in total. The topological polar surface area (TPSA) is 75.7 Å². The number of benzene rings is 2. The molecule has 2 aromatic rings. The Balaban J connectivity index is 1.96. The lowest BCUT2D eigenvalue weighted by molar-refractivity contribution is -0.126. The van der Waals surface area contributed by atoms with E-state index in [9.17, 15) is 13.2 Å². The predicted octanol–water partition coefficient (Wildman–Crippen LogP) is 3.35. The van der Waals surface area contributed by atoms with Gasteiger partial charge in [0.2, 0.25) is 15.9 Å². The van der Waals surface area contributed by atoms with Crippen LogP contribution in [0.15, 0.2) is 48.5 Å². The van der Waals surface area contributed by atoms with E-state index in [0.717, 1.165) is 27.4 Å². The number of fused-ring (bicyclic) bond motifs is 1. The molecule has 3 rings (SSSR count). The van der Waals surface area contributed by atoms with Crippen LogP contribution in [0.3, 0.4) is 0 Å². The minimum atomic E-state index is -3.58. The normalized spacial score (nSPS) is 19.2. The molecule has 29 heavy (non-hydrogen) atoms. The van der Waals surface area contributed by atoms with Gasteiger partial charge in [-0.3, -0.25) is 4.79 Å². The number of rotatable bonds is 5. The summed E-state index contributed by atoms with van der Waals surface area (Å²) in [6.07, 6.45) is 1.69. The fourth-order valence-electron chi connectivity index (χ4n) is 3.69. The lowest BCUT2D eigenvalue weighted by atomic mass is 9.89. The van der Waals surface area contributed by atoms with E-state index < -0.39 is 21.7 Å². The third-order valence-electron chi connectivity index (χ3n) is 5.19. The van der Waals surface area contributed by atoms with Crippen LogP contribution in [-0.4, -0.2) is 37.5 Å². The van der Waals surface area contributed by atoms with Crippen LogP contribution in [0.5, 0.6) is 5.75 Å². The molecule has 2 atom stereocenters. The van der Waals surface area contributed by atoms with Crippen LogP contribution in [-0.2, 0) is 14.8 Å². The quantitative estimate of drug-likeness (QED) is 0.811. The van der Waals surface area contributed by atoms with Gasteiger partial charge in [0.25, 0.3) is 0 Å². The van der Waals surface area contributed by atoms with Crippen molar-refractivity contribution >= 4 is 15.9 Å². The van der Waals surface area contributed by atoms with Gasteiger partial charge in [0.15, 0.2) is 0 Å². The summed E-state index contributed by atoms with van der Waals surface area (Å²) in [4.78, 5) is 13.3. The van der Waals surface area contributed by atoms with Crippen molar-refractivity contribution in [2.75, 3.05) is 13.3 Å². The van der Waals surface area contributed by atoms with Crippen LogP contribution in [0.25, 0.3) is 0 Å². The fourth-order valence-corrected chi connectivity index (χ4v) is 4.29. The number of hydrogen-bond donors (Lipinski definition) is 1. The van der Waals surface area contributed by atoms with Crippen molar-refractivity contribution in [2.45, 2.75) is 44.9 Å². The number of hydrogen-bond acceptors (Lipinski definition) is 4. The molecule has 7 heteroatoms. The van der Waals surface area contributed by atoms with Crippen LogP contribution >= 0.6 is 0 Å². The van der Waals surface area contributed by atoms with Gasteiger partial charge in [-0.25, -0.2) is 8.42 Å². The Morgan fingerprint density at radius 2 is 1.86 bits per heavy atom. The molecule has 0 unspecified atom stereocenters. The molecule has 0 radical (unpaired) electrons. The van der Waals surface area contributed by atoms with Gasteiger partial charge in [-0.05, 0) is 38.0 Å². The third kappa shape index (κ3) is 4.79. The zero-order valence-corrected chi connectivity index (χ0v) is 18.3. The molecule has 0 aromatic heterocycles. The number of carbonyl (C=O) groups is 1. The van der Waals surface area contributed by atoms with E-state index in [4.69, 9.17) is 4.74 Å². The van der Waals surface area contributed by atoms with Gasteiger partial charge in [0.1, 0.15) is 17.4 Å². The van der Waals surface area contributed by atoms with Gasteiger partial charge in [0, 0.05) is 19.0 Å². The van der Waals surface area contributed by atoms with Crippen molar-refractivity contribution in [1.82, 2.24) is 9.62 Å². The summed E-state index contributed by atoms with van der Waals surface area (Å²) in [5, 5.41) is 3.08. The molecule has 1 amide bonds. The molecular weight excluding hydrogens is 388 g/mol. The number of ether oxygens (including phenoxy) is 1. The zero-order valence-electron chi connectivity index (χ0n) is 17.5. The van der Waals surface area contributed by atoms with Crippen molar-refractivity contribution in [2.24, 2.45) is 0 Å². The summed E-state index contributed by atoms with van der Waals surface area (Å²) < 4.78 is 31.6. The fraction of sp³-hybridized carbons (Fsp3) is 0.409. The van der Waals surface area contributed by atoms with Crippen molar-refractivity contribution in [3.63, 3.8) is 0 Å². The van der Waals surface area contributed by atoms with E-state index in [-0.39, 0.29) is 11.9 Å². The first-order valence-corrected chi connectivity index (χ1v) is 11.4. The number of aryl methyl sites for hydroxylation is 1. The number of nitrogens with one attached hydrogen (secondary N) is 1. The highest BCUT2D eigenvalue weighted by molar-refractivity contribution is 7.88. The summed E-state index contributed by atoms with van der Waals surface area (Å²) >= 11 is 0. The predicted molar refractivity (Wildman–Crippen MR) is 113 cm³/mol. The molecule has 2 aromatic carbocycles. The van der Waals surface area contributed by atoms with Gasteiger partial charge >= 0.3 is 0 Å². The van der Waals surface area contributed by atoms with E-state index in [1.165, 1.54) is 7.05 Å². The Labute approximate surface area is 172 Å². The summed E-state index contributed by atoms with van der Waals surface area (Å²) in [6, 6.07) is 13.6. The van der Waals surface area contributed by atoms with E-state index in [0.29, 0.717) is 12.0 Å². The van der Waals surface area contributed by atoms with Gasteiger partial charge in [0.05, 0.1) is 12.3 Å². The molecule has 0 spiro atoms. The van der Waals surface area contributed by atoms with Crippen LogP contribution < -0.4 is 10.1 Å². The first-order chi connectivity index (χ1) is 13.5. The molecule has 0 saturated heterocycles.